The number of nitrogens with zero attached hydrogens (tertiary/aromatic N) is 1. The molecule has 1 saturated heterocycles. The number of likely N-dealkylation sites (tertiary alicyclic amines) is 1. The van der Waals surface area contributed by atoms with Crippen molar-refractivity contribution in [2.45, 2.75) is 251 Å². The summed E-state index contributed by atoms with van der Waals surface area (Å²) in [5.41, 5.74) is -0.828. The van der Waals surface area contributed by atoms with Crippen LogP contribution in [-0.4, -0.2) is 85.4 Å². The molecule has 1 heterocycles. The summed E-state index contributed by atoms with van der Waals surface area (Å²) in [6.07, 6.45) is 28.8. The molecule has 58 heavy (non-hydrogen) atoms. The van der Waals surface area contributed by atoms with Gasteiger partial charge in [-0.3, -0.25) is 19.2 Å². The third kappa shape index (κ3) is 27.5. The molecule has 1 aliphatic rings. The van der Waals surface area contributed by atoms with Crippen molar-refractivity contribution in [3.63, 3.8) is 0 Å². The maximum atomic E-state index is 13.6. The van der Waals surface area contributed by atoms with E-state index in [1.165, 1.54) is 103 Å². The van der Waals surface area contributed by atoms with Crippen molar-refractivity contribution in [2.75, 3.05) is 33.4 Å². The Labute approximate surface area is 355 Å². The third-order valence-corrected chi connectivity index (χ3v) is 12.1. The Morgan fingerprint density at radius 2 is 1.12 bits per heavy atom. The van der Waals surface area contributed by atoms with E-state index in [0.29, 0.717) is 38.8 Å². The fraction of sp³-hybridized carbons (Fsp3) is 0.917. The van der Waals surface area contributed by atoms with Gasteiger partial charge in [0, 0.05) is 45.8 Å². The van der Waals surface area contributed by atoms with Gasteiger partial charge in [-0.05, 0) is 46.5 Å². The number of rotatable bonds is 38. The molecule has 340 valence electrons. The van der Waals surface area contributed by atoms with Gasteiger partial charge < -0.3 is 29.2 Å². The van der Waals surface area contributed by atoms with Crippen molar-refractivity contribution in [3.05, 3.63) is 0 Å². The van der Waals surface area contributed by atoms with Crippen molar-refractivity contribution in [3.8, 4) is 0 Å². The summed E-state index contributed by atoms with van der Waals surface area (Å²) in [4.78, 5) is 53.7. The monoisotopic (exact) mass is 823 g/mol. The molecule has 10 nitrogen and oxygen atoms in total. The molecule has 0 aromatic carbocycles. The van der Waals surface area contributed by atoms with Crippen LogP contribution in [0, 0.1) is 0 Å². The Morgan fingerprint density at radius 1 is 0.638 bits per heavy atom. The summed E-state index contributed by atoms with van der Waals surface area (Å²) in [7, 11) is 1.69. The van der Waals surface area contributed by atoms with Gasteiger partial charge in [0.15, 0.2) is 0 Å². The molecular weight excluding hydrogens is 733 g/mol. The Morgan fingerprint density at radius 3 is 1.60 bits per heavy atom. The molecule has 0 bridgehead atoms. The van der Waals surface area contributed by atoms with E-state index in [-0.39, 0.29) is 55.3 Å². The normalized spacial score (nSPS) is 16.6. The summed E-state index contributed by atoms with van der Waals surface area (Å²) < 4.78 is 23.2. The lowest BCUT2D eigenvalue weighted by Crippen LogP contribution is -2.44. The zero-order chi connectivity index (χ0) is 42.9. The largest absolute Gasteiger partial charge is 0.463 e. The molecule has 1 fully saturated rings. The first-order valence-electron chi connectivity index (χ1n) is 24.0. The smallest absolute Gasteiger partial charge is 0.306 e. The lowest BCUT2D eigenvalue weighted by Gasteiger charge is -2.31. The molecular formula is C48H90N2O8. The number of amides is 2. The number of carbonyl (C=O) groups is 4. The van der Waals surface area contributed by atoms with Gasteiger partial charge in [0.2, 0.25) is 11.8 Å². The van der Waals surface area contributed by atoms with Crippen molar-refractivity contribution in [2.24, 2.45) is 0 Å². The Hall–Kier alpha value is -2.20. The molecule has 0 aromatic heterocycles. The van der Waals surface area contributed by atoms with E-state index in [1.807, 2.05) is 27.7 Å². The first kappa shape index (κ1) is 53.8. The minimum absolute atomic E-state index is 0.0140. The molecule has 1 rings (SSSR count). The average molecular weight is 823 g/mol. The number of nitrogens with one attached hydrogen (secondary N) is 1. The maximum Gasteiger partial charge on any atom is 0.306 e. The Balaban J connectivity index is 2.58. The van der Waals surface area contributed by atoms with Crippen LogP contribution in [0.2, 0.25) is 0 Å². The highest BCUT2D eigenvalue weighted by molar-refractivity contribution is 5.84. The highest BCUT2D eigenvalue weighted by Gasteiger charge is 2.38. The van der Waals surface area contributed by atoms with Crippen molar-refractivity contribution in [1.29, 1.82) is 0 Å². The molecule has 0 saturated carbocycles. The van der Waals surface area contributed by atoms with Gasteiger partial charge in [0.1, 0.15) is 12.7 Å². The van der Waals surface area contributed by atoms with Crippen LogP contribution in [0.4, 0.5) is 0 Å². The summed E-state index contributed by atoms with van der Waals surface area (Å²) >= 11 is 0. The van der Waals surface area contributed by atoms with Gasteiger partial charge in [-0.1, -0.05) is 149 Å². The van der Waals surface area contributed by atoms with E-state index in [0.717, 1.165) is 44.9 Å². The number of ether oxygens (including phenoxy) is 4. The van der Waals surface area contributed by atoms with Crippen LogP contribution >= 0.6 is 0 Å². The third-order valence-electron chi connectivity index (χ3n) is 12.1. The number of carbonyl (C=O) groups excluding carboxylic acids is 4. The fourth-order valence-corrected chi connectivity index (χ4v) is 7.46. The fourth-order valence-electron chi connectivity index (χ4n) is 7.46. The van der Waals surface area contributed by atoms with Crippen molar-refractivity contribution >= 4 is 23.8 Å². The van der Waals surface area contributed by atoms with E-state index < -0.39 is 17.7 Å². The summed E-state index contributed by atoms with van der Waals surface area (Å²) in [5, 5.41) is 2.96. The van der Waals surface area contributed by atoms with Gasteiger partial charge in [-0.15, -0.1) is 0 Å². The minimum atomic E-state index is -0.536. The molecule has 10 heteroatoms. The molecule has 1 aliphatic heterocycles. The molecule has 2 amide bonds. The van der Waals surface area contributed by atoms with Gasteiger partial charge in [0.05, 0.1) is 30.4 Å². The average Bonchev–Trinajstić information content (AvgIpc) is 3.61. The van der Waals surface area contributed by atoms with E-state index >= 15 is 0 Å². The second-order valence-corrected chi connectivity index (χ2v) is 17.9. The van der Waals surface area contributed by atoms with E-state index in [1.54, 1.807) is 12.0 Å². The van der Waals surface area contributed by atoms with Gasteiger partial charge in [0.25, 0.3) is 0 Å². The van der Waals surface area contributed by atoms with Crippen molar-refractivity contribution < 1.29 is 38.1 Å². The van der Waals surface area contributed by atoms with E-state index in [4.69, 9.17) is 18.9 Å². The number of hydrogen-bond acceptors (Lipinski definition) is 8. The predicted molar refractivity (Wildman–Crippen MR) is 236 cm³/mol. The van der Waals surface area contributed by atoms with Crippen LogP contribution in [0.5, 0.6) is 0 Å². The van der Waals surface area contributed by atoms with Crippen LogP contribution < -0.4 is 5.32 Å². The zero-order valence-corrected chi connectivity index (χ0v) is 38.7. The minimum Gasteiger partial charge on any atom is -0.463 e. The summed E-state index contributed by atoms with van der Waals surface area (Å²) in [5.74, 6) is -0.930. The number of methoxy groups -OCH3 is 1. The zero-order valence-electron chi connectivity index (χ0n) is 38.7. The van der Waals surface area contributed by atoms with E-state index in [2.05, 4.69) is 19.2 Å². The quantitative estimate of drug-likeness (QED) is 0.0483. The van der Waals surface area contributed by atoms with Crippen LogP contribution in [0.1, 0.15) is 228 Å². The molecule has 3 atom stereocenters. The Bertz CT molecular complexity index is 1080. The van der Waals surface area contributed by atoms with Crippen LogP contribution in [-0.2, 0) is 38.1 Å². The van der Waals surface area contributed by atoms with E-state index in [9.17, 15) is 19.2 Å². The van der Waals surface area contributed by atoms with Gasteiger partial charge in [-0.2, -0.15) is 0 Å². The molecule has 0 spiro atoms. The number of esters is 2. The standard InChI is InChI=1S/C48H90N2O8/c1-8-11-13-15-17-19-21-23-25-27-29-31-45(53)56-39-41-37-42(58-46(54)32-30-28-26-24-22-20-18-16-14-12-9-2)38-50(41)44(52)34-33-43(51)49-40-48(6,10-3)57-36-35-47(4,5)55-7/h41-42H,8-40H2,1-7H3,(H,49,51)/t41-,42+,48?/m0/s1. The summed E-state index contributed by atoms with van der Waals surface area (Å²) in [6.45, 7) is 13.7. The SMILES string of the molecule is CCCCCCCCCCCCCC(=O)OC[C@@H]1C[C@@H](OC(=O)CCCCCCCCCCCCC)CN1C(=O)CCC(=O)NCC(C)(CC)OCCC(C)(C)OC. The Kier molecular flexibility index (Phi) is 31.1. The molecule has 1 unspecified atom stereocenters. The van der Waals surface area contributed by atoms with Crippen LogP contribution in [0.25, 0.3) is 0 Å². The van der Waals surface area contributed by atoms with Crippen LogP contribution in [0.15, 0.2) is 0 Å². The number of unbranched alkanes of at least 4 members (excludes halogenated alkanes) is 20. The number of hydrogen-bond donors (Lipinski definition) is 1. The molecule has 0 radical (unpaired) electrons. The first-order chi connectivity index (χ1) is 27.9. The van der Waals surface area contributed by atoms with Gasteiger partial charge in [-0.25, -0.2) is 0 Å². The molecule has 0 aromatic rings. The lowest BCUT2D eigenvalue weighted by molar-refractivity contribution is -0.149. The highest BCUT2D eigenvalue weighted by atomic mass is 16.5. The first-order valence-corrected chi connectivity index (χ1v) is 24.0. The predicted octanol–water partition coefficient (Wildman–Crippen LogP) is 11.3. The lowest BCUT2D eigenvalue weighted by atomic mass is 10.0. The highest BCUT2D eigenvalue weighted by Crippen LogP contribution is 2.24. The molecule has 0 aliphatic carbocycles. The maximum absolute atomic E-state index is 13.6. The second-order valence-electron chi connectivity index (χ2n) is 17.9. The topological polar surface area (TPSA) is 120 Å². The van der Waals surface area contributed by atoms with Gasteiger partial charge >= 0.3 is 11.9 Å². The van der Waals surface area contributed by atoms with Crippen LogP contribution in [0.3, 0.4) is 0 Å². The van der Waals surface area contributed by atoms with Crippen molar-refractivity contribution in [1.82, 2.24) is 10.2 Å². The summed E-state index contributed by atoms with van der Waals surface area (Å²) in [6, 6.07) is -0.398. The molecule has 1 N–H and O–H groups in total. The second kappa shape index (κ2) is 33.5.